The standard InChI is InChI=1S/C22H28O2S/c1-15-14-22(25-17-9-4-3-5-10-17)19(13-18(15)23)21(2)11-7-6-8-16(21)12-20(22)24/h3-5,9-10,15-16,19H,6-8,11-14H2,1-2H3/t15-,16+,19+,21-,22-/m1/s1. The molecule has 0 heterocycles. The van der Waals surface area contributed by atoms with E-state index < -0.39 is 4.75 Å². The number of carbonyl (C=O) groups excluding carboxylic acids is 2. The largest absolute Gasteiger partial charge is 0.299 e. The van der Waals surface area contributed by atoms with Crippen LogP contribution in [0.25, 0.3) is 0 Å². The lowest BCUT2D eigenvalue weighted by molar-refractivity contribution is -0.145. The van der Waals surface area contributed by atoms with Gasteiger partial charge in [0.05, 0.1) is 4.75 Å². The van der Waals surface area contributed by atoms with E-state index in [2.05, 4.69) is 19.1 Å². The van der Waals surface area contributed by atoms with Gasteiger partial charge in [0.1, 0.15) is 11.6 Å². The maximum atomic E-state index is 13.5. The van der Waals surface area contributed by atoms with Gasteiger partial charge >= 0.3 is 0 Å². The van der Waals surface area contributed by atoms with Gasteiger partial charge in [-0.15, -0.1) is 11.8 Å². The fourth-order valence-corrected chi connectivity index (χ4v) is 7.58. The van der Waals surface area contributed by atoms with E-state index in [0.717, 1.165) is 12.8 Å². The van der Waals surface area contributed by atoms with Crippen molar-refractivity contribution in [3.05, 3.63) is 30.3 Å². The highest BCUT2D eigenvalue weighted by molar-refractivity contribution is 8.01. The average Bonchev–Trinajstić information content (AvgIpc) is 2.60. The van der Waals surface area contributed by atoms with Crippen molar-refractivity contribution < 1.29 is 9.59 Å². The summed E-state index contributed by atoms with van der Waals surface area (Å²) in [5.74, 6) is 1.45. The van der Waals surface area contributed by atoms with E-state index in [4.69, 9.17) is 0 Å². The van der Waals surface area contributed by atoms with E-state index in [9.17, 15) is 9.59 Å². The molecule has 25 heavy (non-hydrogen) atoms. The van der Waals surface area contributed by atoms with Crippen LogP contribution in [0.4, 0.5) is 0 Å². The van der Waals surface area contributed by atoms with Crippen LogP contribution in [0.3, 0.4) is 0 Å². The Hall–Kier alpha value is -1.09. The molecule has 1 aromatic carbocycles. The predicted molar refractivity (Wildman–Crippen MR) is 102 cm³/mol. The average molecular weight is 357 g/mol. The first-order valence-electron chi connectivity index (χ1n) is 9.76. The molecule has 5 atom stereocenters. The third kappa shape index (κ3) is 2.70. The van der Waals surface area contributed by atoms with E-state index in [-0.39, 0.29) is 17.3 Å². The minimum atomic E-state index is -0.405. The van der Waals surface area contributed by atoms with Gasteiger partial charge in [0.15, 0.2) is 0 Å². The molecule has 0 radical (unpaired) electrons. The van der Waals surface area contributed by atoms with Crippen molar-refractivity contribution >= 4 is 23.3 Å². The Morgan fingerprint density at radius 2 is 1.84 bits per heavy atom. The monoisotopic (exact) mass is 356 g/mol. The lowest BCUT2D eigenvalue weighted by Gasteiger charge is -2.60. The second-order valence-corrected chi connectivity index (χ2v) is 10.1. The minimum absolute atomic E-state index is 0.000141. The molecule has 0 saturated heterocycles. The SMILES string of the molecule is C[C@@H]1C[C@]2(Sc3ccccc3)C(=O)C[C@@H]3CCCC[C@@]3(C)[C@@H]2CC1=O. The van der Waals surface area contributed by atoms with Gasteiger partial charge in [0.25, 0.3) is 0 Å². The van der Waals surface area contributed by atoms with Crippen LogP contribution in [0.5, 0.6) is 0 Å². The Labute approximate surface area is 155 Å². The number of hydrogen-bond acceptors (Lipinski definition) is 3. The summed E-state index contributed by atoms with van der Waals surface area (Å²) in [6, 6.07) is 10.3. The molecule has 134 valence electrons. The highest BCUT2D eigenvalue weighted by Gasteiger charge is 2.63. The van der Waals surface area contributed by atoms with E-state index in [1.165, 1.54) is 24.2 Å². The molecule has 0 aromatic heterocycles. The van der Waals surface area contributed by atoms with E-state index >= 15 is 0 Å². The minimum Gasteiger partial charge on any atom is -0.299 e. The lowest BCUT2D eigenvalue weighted by Crippen LogP contribution is -2.62. The van der Waals surface area contributed by atoms with Crippen molar-refractivity contribution in [1.82, 2.24) is 0 Å². The van der Waals surface area contributed by atoms with Gasteiger partial charge in [-0.2, -0.15) is 0 Å². The molecule has 3 saturated carbocycles. The lowest BCUT2D eigenvalue weighted by atomic mass is 9.48. The molecule has 3 fully saturated rings. The van der Waals surface area contributed by atoms with E-state index in [0.29, 0.717) is 30.3 Å². The predicted octanol–water partition coefficient (Wildman–Crippen LogP) is 5.30. The van der Waals surface area contributed by atoms with Crippen molar-refractivity contribution in [3.8, 4) is 0 Å². The van der Waals surface area contributed by atoms with Crippen LogP contribution in [-0.4, -0.2) is 16.3 Å². The zero-order chi connectivity index (χ0) is 17.7. The Kier molecular flexibility index (Phi) is 4.34. The summed E-state index contributed by atoms with van der Waals surface area (Å²) in [6.45, 7) is 4.41. The zero-order valence-electron chi connectivity index (χ0n) is 15.3. The molecule has 4 rings (SSSR count). The number of carbonyl (C=O) groups is 2. The van der Waals surface area contributed by atoms with Gasteiger partial charge in [-0.25, -0.2) is 0 Å². The van der Waals surface area contributed by atoms with Crippen LogP contribution in [0, 0.1) is 23.2 Å². The molecule has 0 bridgehead atoms. The highest BCUT2D eigenvalue weighted by Crippen LogP contribution is 2.64. The van der Waals surface area contributed by atoms with E-state index in [1.54, 1.807) is 11.8 Å². The second kappa shape index (κ2) is 6.26. The maximum Gasteiger partial charge on any atom is 0.149 e. The number of benzene rings is 1. The van der Waals surface area contributed by atoms with Gasteiger partial charge in [-0.3, -0.25) is 9.59 Å². The summed E-state index contributed by atoms with van der Waals surface area (Å²) in [5.41, 5.74) is 0.143. The third-order valence-electron chi connectivity index (χ3n) is 7.32. The number of ketones is 2. The van der Waals surface area contributed by atoms with Crippen LogP contribution < -0.4 is 0 Å². The summed E-state index contributed by atoms with van der Waals surface area (Å²) in [5, 5.41) is 0. The Morgan fingerprint density at radius 1 is 1.08 bits per heavy atom. The first-order valence-corrected chi connectivity index (χ1v) is 10.6. The van der Waals surface area contributed by atoms with Crippen molar-refractivity contribution in [3.63, 3.8) is 0 Å². The molecule has 0 spiro atoms. The molecule has 0 N–H and O–H groups in total. The third-order valence-corrected chi connectivity index (χ3v) is 8.87. The van der Waals surface area contributed by atoms with Crippen LogP contribution in [0.1, 0.15) is 58.8 Å². The van der Waals surface area contributed by atoms with Crippen LogP contribution in [-0.2, 0) is 9.59 Å². The molecule has 0 unspecified atom stereocenters. The number of thioether (sulfide) groups is 1. The van der Waals surface area contributed by atoms with Gasteiger partial charge in [-0.1, -0.05) is 44.9 Å². The van der Waals surface area contributed by atoms with Crippen LogP contribution in [0.15, 0.2) is 35.2 Å². The molecule has 3 heteroatoms. The summed E-state index contributed by atoms with van der Waals surface area (Å²) in [7, 11) is 0. The fraction of sp³-hybridized carbons (Fsp3) is 0.636. The summed E-state index contributed by atoms with van der Waals surface area (Å²) in [6.07, 6.45) is 6.85. The highest BCUT2D eigenvalue weighted by atomic mass is 32.2. The van der Waals surface area contributed by atoms with Crippen molar-refractivity contribution in [2.45, 2.75) is 68.4 Å². The van der Waals surface area contributed by atoms with Crippen molar-refractivity contribution in [2.24, 2.45) is 23.2 Å². The van der Waals surface area contributed by atoms with Crippen LogP contribution in [0.2, 0.25) is 0 Å². The fourth-order valence-electron chi connectivity index (χ4n) is 5.84. The normalized spacial score (nSPS) is 41.1. The molecule has 0 amide bonds. The van der Waals surface area contributed by atoms with Crippen molar-refractivity contribution in [1.29, 1.82) is 0 Å². The maximum absolute atomic E-state index is 13.5. The topological polar surface area (TPSA) is 34.1 Å². The van der Waals surface area contributed by atoms with Crippen molar-refractivity contribution in [2.75, 3.05) is 0 Å². The number of rotatable bonds is 2. The molecular formula is C22H28O2S. The van der Waals surface area contributed by atoms with E-state index in [1.807, 2.05) is 25.1 Å². The number of fused-ring (bicyclic) bond motifs is 3. The quantitative estimate of drug-likeness (QED) is 0.721. The number of hydrogen-bond donors (Lipinski definition) is 0. The summed E-state index contributed by atoms with van der Waals surface area (Å²) < 4.78 is -0.405. The first kappa shape index (κ1) is 17.3. The summed E-state index contributed by atoms with van der Waals surface area (Å²) in [4.78, 5) is 27.3. The van der Waals surface area contributed by atoms with Gasteiger partial charge in [0.2, 0.25) is 0 Å². The molecule has 1 aromatic rings. The zero-order valence-corrected chi connectivity index (χ0v) is 16.1. The second-order valence-electron chi connectivity index (χ2n) is 8.71. The molecule has 2 nitrogen and oxygen atoms in total. The van der Waals surface area contributed by atoms with Gasteiger partial charge in [0, 0.05) is 23.7 Å². The Balaban J connectivity index is 1.79. The molecule has 3 aliphatic rings. The van der Waals surface area contributed by atoms with Crippen LogP contribution >= 0.6 is 11.8 Å². The Bertz CT molecular complexity index is 685. The first-order chi connectivity index (χ1) is 12.0. The molecular weight excluding hydrogens is 328 g/mol. The number of Topliss-reactive ketones (excluding diaryl/α,β-unsaturated/α-hetero) is 2. The Morgan fingerprint density at radius 3 is 2.60 bits per heavy atom. The molecule has 0 aliphatic heterocycles. The molecule has 3 aliphatic carbocycles. The van der Waals surface area contributed by atoms with Gasteiger partial charge in [-0.05, 0) is 48.6 Å². The smallest absolute Gasteiger partial charge is 0.149 e. The van der Waals surface area contributed by atoms with Gasteiger partial charge < -0.3 is 0 Å². The summed E-state index contributed by atoms with van der Waals surface area (Å²) >= 11 is 1.76.